The molecular formula is C18H13NO2S. The summed E-state index contributed by atoms with van der Waals surface area (Å²) in [7, 11) is 0. The number of fused-ring (bicyclic) bond motifs is 1. The standard InChI is InChI=1S/C18H13NO2S/c1-10-16(12-4-2-3-5-13(12)19-10)18-15(21)8-14(20)17(18)11-6-7-22-9-11/h2-7,9,19H,8H2,1H3. The third kappa shape index (κ3) is 1.81. The molecule has 0 spiro atoms. The molecule has 0 atom stereocenters. The van der Waals surface area contributed by atoms with Crippen molar-refractivity contribution < 1.29 is 9.59 Å². The van der Waals surface area contributed by atoms with E-state index in [4.69, 9.17) is 0 Å². The van der Waals surface area contributed by atoms with Crippen molar-refractivity contribution in [3.63, 3.8) is 0 Å². The third-order valence-corrected chi connectivity index (χ3v) is 4.77. The Bertz CT molecular complexity index is 945. The lowest BCUT2D eigenvalue weighted by Gasteiger charge is -2.05. The molecule has 0 fully saturated rings. The highest BCUT2D eigenvalue weighted by atomic mass is 32.1. The maximum Gasteiger partial charge on any atom is 0.172 e. The fraction of sp³-hybridized carbons (Fsp3) is 0.111. The van der Waals surface area contributed by atoms with Gasteiger partial charge in [0.1, 0.15) is 0 Å². The van der Waals surface area contributed by atoms with Crippen LogP contribution in [0.3, 0.4) is 0 Å². The van der Waals surface area contributed by atoms with Gasteiger partial charge < -0.3 is 4.98 Å². The minimum Gasteiger partial charge on any atom is -0.358 e. The highest BCUT2D eigenvalue weighted by molar-refractivity contribution is 7.08. The minimum absolute atomic E-state index is 0.0283. The number of Topliss-reactive ketones (excluding diaryl/α,β-unsaturated/α-hetero) is 2. The van der Waals surface area contributed by atoms with Gasteiger partial charge in [0.05, 0.1) is 6.42 Å². The monoisotopic (exact) mass is 307 g/mol. The van der Waals surface area contributed by atoms with E-state index >= 15 is 0 Å². The van der Waals surface area contributed by atoms with Crippen molar-refractivity contribution in [2.24, 2.45) is 0 Å². The SMILES string of the molecule is Cc1[nH]c2ccccc2c1C1=C(c2ccsc2)C(=O)CC1=O. The summed E-state index contributed by atoms with van der Waals surface area (Å²) in [6.07, 6.45) is -0.0283. The second-order valence-corrected chi connectivity index (χ2v) is 6.24. The number of hydrogen-bond donors (Lipinski definition) is 1. The Morgan fingerprint density at radius 3 is 2.59 bits per heavy atom. The van der Waals surface area contributed by atoms with Gasteiger partial charge in [0, 0.05) is 33.3 Å². The van der Waals surface area contributed by atoms with Crippen molar-refractivity contribution in [2.45, 2.75) is 13.3 Å². The van der Waals surface area contributed by atoms with E-state index in [2.05, 4.69) is 4.98 Å². The smallest absolute Gasteiger partial charge is 0.172 e. The van der Waals surface area contributed by atoms with E-state index < -0.39 is 0 Å². The number of para-hydroxylation sites is 1. The van der Waals surface area contributed by atoms with Gasteiger partial charge in [-0.3, -0.25) is 9.59 Å². The summed E-state index contributed by atoms with van der Waals surface area (Å²) in [4.78, 5) is 28.2. The summed E-state index contributed by atoms with van der Waals surface area (Å²) < 4.78 is 0. The first-order valence-corrected chi connectivity index (χ1v) is 8.02. The van der Waals surface area contributed by atoms with Crippen LogP contribution in [-0.2, 0) is 9.59 Å². The molecule has 0 saturated heterocycles. The van der Waals surface area contributed by atoms with E-state index in [1.807, 2.05) is 48.0 Å². The van der Waals surface area contributed by atoms with Gasteiger partial charge in [-0.15, -0.1) is 0 Å². The number of benzene rings is 1. The van der Waals surface area contributed by atoms with E-state index in [0.29, 0.717) is 11.1 Å². The Labute approximate surface area is 131 Å². The maximum absolute atomic E-state index is 12.5. The minimum atomic E-state index is -0.0842. The van der Waals surface area contributed by atoms with E-state index in [9.17, 15) is 9.59 Å². The quantitative estimate of drug-likeness (QED) is 0.728. The third-order valence-electron chi connectivity index (χ3n) is 4.08. The van der Waals surface area contributed by atoms with Crippen molar-refractivity contribution in [1.82, 2.24) is 4.98 Å². The number of nitrogens with one attached hydrogen (secondary N) is 1. The molecule has 0 aliphatic heterocycles. The summed E-state index contributed by atoms with van der Waals surface area (Å²) in [5, 5.41) is 4.85. The van der Waals surface area contributed by atoms with E-state index in [0.717, 1.165) is 27.7 Å². The lowest BCUT2D eigenvalue weighted by molar-refractivity contribution is -0.119. The van der Waals surface area contributed by atoms with Gasteiger partial charge >= 0.3 is 0 Å². The van der Waals surface area contributed by atoms with Crippen molar-refractivity contribution in [2.75, 3.05) is 0 Å². The molecule has 0 unspecified atom stereocenters. The highest BCUT2D eigenvalue weighted by Crippen LogP contribution is 2.40. The first kappa shape index (κ1) is 13.2. The van der Waals surface area contributed by atoms with Crippen LogP contribution in [0.2, 0.25) is 0 Å². The first-order valence-electron chi connectivity index (χ1n) is 7.07. The van der Waals surface area contributed by atoms with Crippen molar-refractivity contribution in [1.29, 1.82) is 0 Å². The molecule has 0 radical (unpaired) electrons. The lowest BCUT2D eigenvalue weighted by atomic mass is 9.95. The van der Waals surface area contributed by atoms with E-state index in [1.54, 1.807) is 0 Å². The van der Waals surface area contributed by atoms with E-state index in [-0.39, 0.29) is 18.0 Å². The van der Waals surface area contributed by atoms with Gasteiger partial charge in [0.2, 0.25) is 0 Å². The average Bonchev–Trinajstić information content (AvgIpc) is 3.16. The number of hydrogen-bond acceptors (Lipinski definition) is 3. The van der Waals surface area contributed by atoms with Gasteiger partial charge in [-0.2, -0.15) is 11.3 Å². The molecule has 2 aromatic heterocycles. The van der Waals surface area contributed by atoms with Crippen molar-refractivity contribution in [3.8, 4) is 0 Å². The Morgan fingerprint density at radius 1 is 1.05 bits per heavy atom. The number of aryl methyl sites for hydroxylation is 1. The molecule has 3 nitrogen and oxygen atoms in total. The van der Waals surface area contributed by atoms with Crippen LogP contribution in [0.5, 0.6) is 0 Å². The lowest BCUT2D eigenvalue weighted by Crippen LogP contribution is -1.97. The number of aromatic nitrogens is 1. The number of allylic oxidation sites excluding steroid dienone is 2. The molecule has 1 N–H and O–H groups in total. The molecule has 3 aromatic rings. The Morgan fingerprint density at radius 2 is 1.82 bits per heavy atom. The summed E-state index contributed by atoms with van der Waals surface area (Å²) in [6, 6.07) is 9.78. The molecule has 108 valence electrons. The number of carbonyl (C=O) groups is 2. The fourth-order valence-electron chi connectivity index (χ4n) is 3.18. The van der Waals surface area contributed by atoms with Crippen LogP contribution >= 0.6 is 11.3 Å². The summed E-state index contributed by atoms with van der Waals surface area (Å²) in [5.74, 6) is -0.165. The second kappa shape index (κ2) is 4.78. The topological polar surface area (TPSA) is 49.9 Å². The molecule has 0 saturated carbocycles. The molecule has 1 aromatic carbocycles. The molecule has 1 aliphatic rings. The molecule has 0 bridgehead atoms. The highest BCUT2D eigenvalue weighted by Gasteiger charge is 2.34. The van der Waals surface area contributed by atoms with Crippen LogP contribution in [0.4, 0.5) is 0 Å². The fourth-order valence-corrected chi connectivity index (χ4v) is 3.82. The molecule has 1 aliphatic carbocycles. The summed E-state index contributed by atoms with van der Waals surface area (Å²) in [6.45, 7) is 1.95. The van der Waals surface area contributed by atoms with Crippen molar-refractivity contribution >= 4 is 45.0 Å². The Balaban J connectivity index is 2.08. The molecule has 4 heteroatoms. The van der Waals surface area contributed by atoms with Gasteiger partial charge in [-0.1, -0.05) is 18.2 Å². The zero-order valence-electron chi connectivity index (χ0n) is 12.0. The maximum atomic E-state index is 12.5. The molecule has 0 amide bonds. The Hall–Kier alpha value is -2.46. The Kier molecular flexibility index (Phi) is 2.87. The van der Waals surface area contributed by atoms with Crippen LogP contribution in [0.25, 0.3) is 22.0 Å². The van der Waals surface area contributed by atoms with Gasteiger partial charge in [-0.25, -0.2) is 0 Å². The summed E-state index contributed by atoms with van der Waals surface area (Å²) in [5.41, 5.74) is 4.76. The number of aromatic amines is 1. The van der Waals surface area contributed by atoms with Crippen LogP contribution in [0.15, 0.2) is 41.1 Å². The van der Waals surface area contributed by atoms with Crippen LogP contribution in [-0.4, -0.2) is 16.6 Å². The number of rotatable bonds is 2. The number of ketones is 2. The number of carbonyl (C=O) groups excluding carboxylic acids is 2. The van der Waals surface area contributed by atoms with Crippen LogP contribution < -0.4 is 0 Å². The summed E-state index contributed by atoms with van der Waals surface area (Å²) >= 11 is 1.53. The largest absolute Gasteiger partial charge is 0.358 e. The van der Waals surface area contributed by atoms with Crippen molar-refractivity contribution in [3.05, 3.63) is 57.9 Å². The van der Waals surface area contributed by atoms with E-state index in [1.165, 1.54) is 11.3 Å². The molecule has 22 heavy (non-hydrogen) atoms. The number of H-pyrrole nitrogens is 1. The molecular weight excluding hydrogens is 294 g/mol. The zero-order valence-corrected chi connectivity index (χ0v) is 12.8. The first-order chi connectivity index (χ1) is 10.7. The van der Waals surface area contributed by atoms with Gasteiger partial charge in [-0.05, 0) is 35.4 Å². The van der Waals surface area contributed by atoms with Crippen LogP contribution in [0.1, 0.15) is 23.2 Å². The van der Waals surface area contributed by atoms with Crippen LogP contribution in [0, 0.1) is 6.92 Å². The zero-order chi connectivity index (χ0) is 15.3. The predicted octanol–water partition coefficient (Wildman–Crippen LogP) is 3.99. The normalized spacial score (nSPS) is 15.3. The second-order valence-electron chi connectivity index (χ2n) is 5.46. The molecule has 4 rings (SSSR count). The predicted molar refractivity (Wildman–Crippen MR) is 88.8 cm³/mol. The average molecular weight is 307 g/mol. The van der Waals surface area contributed by atoms with Gasteiger partial charge in [0.25, 0.3) is 0 Å². The number of thiophene rings is 1. The van der Waals surface area contributed by atoms with Gasteiger partial charge in [0.15, 0.2) is 11.6 Å². The molecule has 2 heterocycles.